The molecule has 0 unspecified atom stereocenters. The minimum absolute atomic E-state index is 0.187. The topological polar surface area (TPSA) is 86.8 Å². The van der Waals surface area contributed by atoms with Gasteiger partial charge in [-0.15, -0.1) is 0 Å². The quantitative estimate of drug-likeness (QED) is 0.765. The summed E-state index contributed by atoms with van der Waals surface area (Å²) >= 11 is 0. The summed E-state index contributed by atoms with van der Waals surface area (Å²) in [6.07, 6.45) is 0. The van der Waals surface area contributed by atoms with Gasteiger partial charge >= 0.3 is 11.8 Å². The summed E-state index contributed by atoms with van der Waals surface area (Å²) in [7, 11) is -3.67. The van der Waals surface area contributed by atoms with E-state index in [1.165, 1.54) is 9.21 Å². The third-order valence-electron chi connectivity index (χ3n) is 4.71. The van der Waals surface area contributed by atoms with Crippen LogP contribution in [0.3, 0.4) is 0 Å². The summed E-state index contributed by atoms with van der Waals surface area (Å²) < 4.78 is 27.8. The first kappa shape index (κ1) is 17.9. The Morgan fingerprint density at radius 3 is 2.48 bits per heavy atom. The van der Waals surface area contributed by atoms with Crippen molar-refractivity contribution in [3.8, 4) is 0 Å². The molecule has 7 nitrogen and oxygen atoms in total. The normalized spacial score (nSPS) is 22.5. The Bertz CT molecular complexity index is 813. The van der Waals surface area contributed by atoms with Crippen LogP contribution >= 0.6 is 0 Å². The van der Waals surface area contributed by atoms with Crippen molar-refractivity contribution in [2.24, 2.45) is 0 Å². The maximum absolute atomic E-state index is 13.2. The molecule has 2 saturated heterocycles. The molecule has 1 atom stereocenters. The highest BCUT2D eigenvalue weighted by atomic mass is 32.2. The lowest BCUT2D eigenvalue weighted by atomic mass is 9.87. The summed E-state index contributed by atoms with van der Waals surface area (Å²) in [5.74, 6) is -1.20. The molecule has 1 aromatic carbocycles. The molecule has 136 valence electrons. The Morgan fingerprint density at radius 1 is 1.12 bits per heavy atom. The van der Waals surface area contributed by atoms with Crippen LogP contribution in [0.5, 0.6) is 0 Å². The predicted octanol–water partition coefficient (Wildman–Crippen LogP) is 0.315. The van der Waals surface area contributed by atoms with Crippen molar-refractivity contribution in [3.05, 3.63) is 29.8 Å². The van der Waals surface area contributed by atoms with E-state index >= 15 is 0 Å². The molecule has 0 radical (unpaired) electrons. The van der Waals surface area contributed by atoms with Crippen LogP contribution in [0.25, 0.3) is 0 Å². The Balaban J connectivity index is 1.91. The lowest BCUT2D eigenvalue weighted by Gasteiger charge is -2.43. The van der Waals surface area contributed by atoms with E-state index in [0.717, 1.165) is 5.56 Å². The number of rotatable bonds is 2. The monoisotopic (exact) mass is 365 g/mol. The van der Waals surface area contributed by atoms with Crippen molar-refractivity contribution in [1.29, 1.82) is 0 Å². The molecular weight excluding hydrogens is 342 g/mol. The van der Waals surface area contributed by atoms with Crippen LogP contribution in [-0.2, 0) is 25.0 Å². The standard InChI is InChI=1S/C17H23N3O4S/c1-17(2,3)13-6-4-5-7-14(13)25(23,24)19-8-9-20-12(11-19)10-18-15(21)16(20)22/h4-7,12H,8-11H2,1-3H3,(H,18,21)/t12-/m1/s1. The van der Waals surface area contributed by atoms with Gasteiger partial charge in [-0.1, -0.05) is 39.0 Å². The van der Waals surface area contributed by atoms with E-state index in [-0.39, 0.29) is 37.6 Å². The van der Waals surface area contributed by atoms with Crippen molar-refractivity contribution in [3.63, 3.8) is 0 Å². The van der Waals surface area contributed by atoms with Gasteiger partial charge in [-0.05, 0) is 17.0 Å². The molecule has 0 bridgehead atoms. The van der Waals surface area contributed by atoms with E-state index in [2.05, 4.69) is 5.32 Å². The molecule has 25 heavy (non-hydrogen) atoms. The second kappa shape index (κ2) is 6.10. The fraction of sp³-hybridized carbons (Fsp3) is 0.529. The second-order valence-corrected chi connectivity index (χ2v) is 9.38. The molecular formula is C17H23N3O4S. The van der Waals surface area contributed by atoms with Crippen molar-refractivity contribution >= 4 is 21.8 Å². The summed E-state index contributed by atoms with van der Waals surface area (Å²) in [6, 6.07) is 6.72. The number of fused-ring (bicyclic) bond motifs is 1. The van der Waals surface area contributed by atoms with Gasteiger partial charge in [0, 0.05) is 26.2 Å². The molecule has 0 saturated carbocycles. The first-order valence-corrected chi connectivity index (χ1v) is 9.75. The van der Waals surface area contributed by atoms with Gasteiger partial charge in [0.05, 0.1) is 10.9 Å². The van der Waals surface area contributed by atoms with Crippen LogP contribution in [-0.4, -0.2) is 61.7 Å². The number of nitrogens with zero attached hydrogens (tertiary/aromatic N) is 2. The number of sulfonamides is 1. The summed E-state index contributed by atoms with van der Waals surface area (Å²) in [4.78, 5) is 25.2. The highest BCUT2D eigenvalue weighted by Crippen LogP contribution is 2.31. The third-order valence-corrected chi connectivity index (χ3v) is 6.63. The zero-order chi connectivity index (χ0) is 18.4. The fourth-order valence-corrected chi connectivity index (χ4v) is 5.23. The molecule has 1 aromatic rings. The van der Waals surface area contributed by atoms with Crippen LogP contribution in [0.1, 0.15) is 26.3 Å². The molecule has 8 heteroatoms. The van der Waals surface area contributed by atoms with Gasteiger partial charge in [0.15, 0.2) is 0 Å². The maximum Gasteiger partial charge on any atom is 0.312 e. The van der Waals surface area contributed by atoms with Gasteiger partial charge in [-0.3, -0.25) is 9.59 Å². The number of amides is 2. The smallest absolute Gasteiger partial charge is 0.312 e. The molecule has 3 rings (SSSR count). The second-order valence-electron chi connectivity index (χ2n) is 7.47. The lowest BCUT2D eigenvalue weighted by molar-refractivity contribution is -0.151. The predicted molar refractivity (Wildman–Crippen MR) is 92.4 cm³/mol. The van der Waals surface area contributed by atoms with Crippen molar-refractivity contribution < 1.29 is 18.0 Å². The van der Waals surface area contributed by atoms with Crippen LogP contribution in [0, 0.1) is 0 Å². The Kier molecular flexibility index (Phi) is 4.36. The van der Waals surface area contributed by atoms with Crippen molar-refractivity contribution in [1.82, 2.24) is 14.5 Å². The summed E-state index contributed by atoms with van der Waals surface area (Å²) in [6.45, 7) is 6.83. The molecule has 2 heterocycles. The highest BCUT2D eigenvalue weighted by Gasteiger charge is 2.41. The minimum Gasteiger partial charge on any atom is -0.346 e. The van der Waals surface area contributed by atoms with E-state index in [1.54, 1.807) is 12.1 Å². The van der Waals surface area contributed by atoms with E-state index in [9.17, 15) is 18.0 Å². The molecule has 2 aliphatic heterocycles. The number of carbonyl (C=O) groups is 2. The largest absolute Gasteiger partial charge is 0.346 e. The van der Waals surface area contributed by atoms with Gasteiger partial charge < -0.3 is 10.2 Å². The molecule has 2 fully saturated rings. The van der Waals surface area contributed by atoms with Crippen LogP contribution in [0.4, 0.5) is 0 Å². The van der Waals surface area contributed by atoms with Gasteiger partial charge in [0.1, 0.15) is 0 Å². The van der Waals surface area contributed by atoms with E-state index in [0.29, 0.717) is 4.90 Å². The first-order valence-electron chi connectivity index (χ1n) is 8.31. The van der Waals surface area contributed by atoms with Gasteiger partial charge in [0.2, 0.25) is 10.0 Å². The summed E-state index contributed by atoms with van der Waals surface area (Å²) in [5, 5.41) is 2.53. The number of hydrogen-bond donors (Lipinski definition) is 1. The molecule has 2 amide bonds. The number of carbonyl (C=O) groups excluding carboxylic acids is 2. The van der Waals surface area contributed by atoms with Crippen LogP contribution in [0.15, 0.2) is 29.2 Å². The van der Waals surface area contributed by atoms with Crippen molar-refractivity contribution in [2.75, 3.05) is 26.2 Å². The minimum atomic E-state index is -3.67. The van der Waals surface area contributed by atoms with Gasteiger partial charge in [0.25, 0.3) is 0 Å². The third kappa shape index (κ3) is 3.16. The number of piperazine rings is 2. The SMILES string of the molecule is CC(C)(C)c1ccccc1S(=O)(=O)N1CCN2C(=O)C(=O)NC[C@@H]2C1. The van der Waals surface area contributed by atoms with Crippen LogP contribution < -0.4 is 5.32 Å². The Hall–Kier alpha value is -1.93. The number of benzene rings is 1. The van der Waals surface area contributed by atoms with Crippen molar-refractivity contribution in [2.45, 2.75) is 37.1 Å². The van der Waals surface area contributed by atoms with Gasteiger partial charge in [-0.25, -0.2) is 8.42 Å². The van der Waals surface area contributed by atoms with E-state index < -0.39 is 21.8 Å². The van der Waals surface area contributed by atoms with E-state index in [4.69, 9.17) is 0 Å². The Morgan fingerprint density at radius 2 is 1.80 bits per heavy atom. The molecule has 1 N–H and O–H groups in total. The molecule has 0 aliphatic carbocycles. The molecule has 0 spiro atoms. The maximum atomic E-state index is 13.2. The number of hydrogen-bond acceptors (Lipinski definition) is 4. The molecule has 2 aliphatic rings. The molecule has 0 aromatic heterocycles. The Labute approximate surface area is 148 Å². The average Bonchev–Trinajstić information content (AvgIpc) is 2.57. The van der Waals surface area contributed by atoms with E-state index in [1.807, 2.05) is 32.9 Å². The first-order chi connectivity index (χ1) is 11.6. The fourth-order valence-electron chi connectivity index (χ4n) is 3.35. The zero-order valence-corrected chi connectivity index (χ0v) is 15.5. The zero-order valence-electron chi connectivity index (χ0n) is 14.7. The highest BCUT2D eigenvalue weighted by molar-refractivity contribution is 7.89. The summed E-state index contributed by atoms with van der Waals surface area (Å²) in [5.41, 5.74) is 0.464. The number of nitrogens with one attached hydrogen (secondary N) is 1. The average molecular weight is 365 g/mol. The van der Waals surface area contributed by atoms with Crippen LogP contribution in [0.2, 0.25) is 0 Å². The van der Waals surface area contributed by atoms with Gasteiger partial charge in [-0.2, -0.15) is 4.31 Å². The lowest BCUT2D eigenvalue weighted by Crippen LogP contribution is -2.65.